The molecule has 2 aromatic rings. The van der Waals surface area contributed by atoms with E-state index in [1.54, 1.807) is 0 Å². The minimum atomic E-state index is -1.80. The van der Waals surface area contributed by atoms with Gasteiger partial charge in [-0.05, 0) is 54.8 Å². The summed E-state index contributed by atoms with van der Waals surface area (Å²) in [5, 5.41) is 2.49. The molecule has 0 N–H and O–H groups in total. The van der Waals surface area contributed by atoms with Gasteiger partial charge in [0.1, 0.15) is 0 Å². The predicted octanol–water partition coefficient (Wildman–Crippen LogP) is 6.88. The van der Waals surface area contributed by atoms with Crippen LogP contribution in [0.2, 0.25) is 18.1 Å². The SMILES string of the molecule is CC(C)(C)[Si](C)(C)OC(CC1c2sccc2-c2cncn21)C1CCCCC1. The molecule has 0 aromatic carbocycles. The molecule has 3 heterocycles. The van der Waals surface area contributed by atoms with E-state index < -0.39 is 8.32 Å². The number of imidazole rings is 1. The first-order chi connectivity index (χ1) is 12.8. The lowest BCUT2D eigenvalue weighted by atomic mass is 9.83. The molecule has 1 aliphatic heterocycles. The zero-order valence-corrected chi connectivity index (χ0v) is 19.3. The van der Waals surface area contributed by atoms with Crippen molar-refractivity contribution in [3.8, 4) is 11.3 Å². The minimum absolute atomic E-state index is 0.254. The van der Waals surface area contributed by atoms with Gasteiger partial charge in [0.25, 0.3) is 0 Å². The van der Waals surface area contributed by atoms with Crippen molar-refractivity contribution in [1.82, 2.24) is 9.55 Å². The van der Waals surface area contributed by atoms with Crippen LogP contribution >= 0.6 is 11.3 Å². The van der Waals surface area contributed by atoms with Gasteiger partial charge >= 0.3 is 0 Å². The number of hydrogen-bond acceptors (Lipinski definition) is 3. The van der Waals surface area contributed by atoms with Gasteiger partial charge in [-0.25, -0.2) is 4.98 Å². The smallest absolute Gasteiger partial charge is 0.192 e. The van der Waals surface area contributed by atoms with Gasteiger partial charge in [0, 0.05) is 10.4 Å². The molecule has 148 valence electrons. The van der Waals surface area contributed by atoms with Crippen molar-refractivity contribution in [2.24, 2.45) is 5.92 Å². The Morgan fingerprint density at radius 1 is 1.26 bits per heavy atom. The predicted molar refractivity (Wildman–Crippen MR) is 117 cm³/mol. The average Bonchev–Trinajstić information content (AvgIpc) is 3.30. The van der Waals surface area contributed by atoms with Gasteiger partial charge in [0.15, 0.2) is 8.32 Å². The fraction of sp³-hybridized carbons (Fsp3) is 0.682. The van der Waals surface area contributed by atoms with Crippen LogP contribution in [0.15, 0.2) is 24.0 Å². The third kappa shape index (κ3) is 3.58. The molecule has 2 aromatic heterocycles. The van der Waals surface area contributed by atoms with Crippen molar-refractivity contribution in [3.63, 3.8) is 0 Å². The molecule has 1 fully saturated rings. The van der Waals surface area contributed by atoms with E-state index in [0.29, 0.717) is 18.1 Å². The van der Waals surface area contributed by atoms with E-state index in [9.17, 15) is 0 Å². The molecular formula is C22H34N2OSSi. The van der Waals surface area contributed by atoms with Crippen LogP contribution in [0, 0.1) is 5.92 Å². The summed E-state index contributed by atoms with van der Waals surface area (Å²) >= 11 is 1.90. The lowest BCUT2D eigenvalue weighted by Crippen LogP contribution is -2.46. The van der Waals surface area contributed by atoms with Crippen LogP contribution in [-0.2, 0) is 4.43 Å². The average molecular weight is 403 g/mol. The molecule has 2 aliphatic rings. The Balaban J connectivity index is 1.62. The molecule has 2 atom stereocenters. The third-order valence-electron chi connectivity index (χ3n) is 7.16. The maximum atomic E-state index is 7.10. The van der Waals surface area contributed by atoms with Gasteiger partial charge in [-0.1, -0.05) is 40.0 Å². The Morgan fingerprint density at radius 2 is 2.00 bits per heavy atom. The van der Waals surface area contributed by atoms with E-state index in [1.807, 2.05) is 23.9 Å². The van der Waals surface area contributed by atoms with E-state index in [1.165, 1.54) is 48.2 Å². The van der Waals surface area contributed by atoms with Crippen LogP contribution in [0.25, 0.3) is 11.3 Å². The molecule has 0 amide bonds. The zero-order chi connectivity index (χ0) is 19.2. The van der Waals surface area contributed by atoms with Gasteiger partial charge in [0.2, 0.25) is 0 Å². The van der Waals surface area contributed by atoms with E-state index in [4.69, 9.17) is 4.43 Å². The molecule has 0 saturated heterocycles. The monoisotopic (exact) mass is 402 g/mol. The van der Waals surface area contributed by atoms with Crippen molar-refractivity contribution >= 4 is 19.7 Å². The first kappa shape index (κ1) is 19.4. The van der Waals surface area contributed by atoms with E-state index in [-0.39, 0.29) is 5.04 Å². The molecule has 5 heteroatoms. The van der Waals surface area contributed by atoms with Crippen LogP contribution < -0.4 is 0 Å². The van der Waals surface area contributed by atoms with E-state index in [0.717, 1.165) is 6.42 Å². The summed E-state index contributed by atoms with van der Waals surface area (Å²) < 4.78 is 9.49. The van der Waals surface area contributed by atoms with Gasteiger partial charge in [-0.3, -0.25) is 0 Å². The van der Waals surface area contributed by atoms with Crippen LogP contribution in [-0.4, -0.2) is 24.0 Å². The summed E-state index contributed by atoms with van der Waals surface area (Å²) in [6, 6.07) is 2.66. The van der Waals surface area contributed by atoms with Crippen LogP contribution in [0.1, 0.15) is 70.2 Å². The summed E-state index contributed by atoms with van der Waals surface area (Å²) in [5.41, 5.74) is 2.67. The number of aromatic nitrogens is 2. The minimum Gasteiger partial charge on any atom is -0.414 e. The summed E-state index contributed by atoms with van der Waals surface area (Å²) in [4.78, 5) is 5.95. The summed E-state index contributed by atoms with van der Waals surface area (Å²) in [7, 11) is -1.80. The molecule has 4 rings (SSSR count). The lowest BCUT2D eigenvalue weighted by molar-refractivity contribution is 0.0778. The second-order valence-corrected chi connectivity index (χ2v) is 15.7. The number of nitrogens with zero attached hydrogens (tertiary/aromatic N) is 2. The largest absolute Gasteiger partial charge is 0.414 e. The van der Waals surface area contributed by atoms with Crippen LogP contribution in [0.3, 0.4) is 0 Å². The Labute approximate surface area is 169 Å². The van der Waals surface area contributed by atoms with Crippen molar-refractivity contribution in [3.05, 3.63) is 28.8 Å². The summed E-state index contributed by atoms with van der Waals surface area (Å²) in [6.45, 7) is 11.9. The molecule has 0 spiro atoms. The maximum Gasteiger partial charge on any atom is 0.192 e. The first-order valence-electron chi connectivity index (χ1n) is 10.6. The Morgan fingerprint density at radius 3 is 2.70 bits per heavy atom. The fourth-order valence-corrected chi connectivity index (χ4v) is 6.93. The number of rotatable bonds is 5. The van der Waals surface area contributed by atoms with Crippen molar-refractivity contribution in [2.75, 3.05) is 0 Å². The Bertz CT molecular complexity index is 742. The van der Waals surface area contributed by atoms with Crippen molar-refractivity contribution < 1.29 is 4.43 Å². The van der Waals surface area contributed by atoms with Gasteiger partial charge in [0.05, 0.1) is 30.4 Å². The molecule has 1 saturated carbocycles. The normalized spacial score (nSPS) is 21.9. The Hall–Kier alpha value is -0.913. The Kier molecular flexibility index (Phi) is 5.15. The topological polar surface area (TPSA) is 27.1 Å². The molecule has 1 aliphatic carbocycles. The second kappa shape index (κ2) is 7.16. The highest BCUT2D eigenvalue weighted by Crippen LogP contribution is 2.47. The molecule has 0 bridgehead atoms. The van der Waals surface area contributed by atoms with Crippen molar-refractivity contribution in [2.45, 2.75) is 89.6 Å². The van der Waals surface area contributed by atoms with E-state index in [2.05, 4.69) is 54.9 Å². The van der Waals surface area contributed by atoms with Gasteiger partial charge < -0.3 is 8.99 Å². The highest BCUT2D eigenvalue weighted by atomic mass is 32.1. The lowest BCUT2D eigenvalue weighted by Gasteiger charge is -2.43. The van der Waals surface area contributed by atoms with Gasteiger partial charge in [-0.15, -0.1) is 11.3 Å². The molecule has 0 radical (unpaired) electrons. The zero-order valence-electron chi connectivity index (χ0n) is 17.5. The fourth-order valence-electron chi connectivity index (χ4n) is 4.52. The molecule has 27 heavy (non-hydrogen) atoms. The van der Waals surface area contributed by atoms with Gasteiger partial charge in [-0.2, -0.15) is 0 Å². The highest BCUT2D eigenvalue weighted by molar-refractivity contribution is 7.10. The quantitative estimate of drug-likeness (QED) is 0.510. The standard InChI is InChI=1S/C22H34N2OSSi/c1-22(2,3)27(4,5)25-20(16-9-7-6-8-10-16)13-18-21-17(11-12-26-21)19-14-23-15-24(18)19/h11-12,14-16,18,20H,6-10,13H2,1-5H3. The molecule has 2 unspecified atom stereocenters. The van der Waals surface area contributed by atoms with Crippen LogP contribution in [0.4, 0.5) is 0 Å². The number of fused-ring (bicyclic) bond motifs is 3. The summed E-state index contributed by atoms with van der Waals surface area (Å²) in [6.07, 6.45) is 12.3. The number of hydrogen-bond donors (Lipinski definition) is 0. The van der Waals surface area contributed by atoms with E-state index >= 15 is 0 Å². The highest BCUT2D eigenvalue weighted by Gasteiger charge is 2.42. The molecular weight excluding hydrogens is 368 g/mol. The second-order valence-electron chi connectivity index (χ2n) is 9.95. The first-order valence-corrected chi connectivity index (χ1v) is 14.3. The maximum absolute atomic E-state index is 7.10. The third-order valence-corrected chi connectivity index (χ3v) is 12.7. The van der Waals surface area contributed by atoms with Crippen LogP contribution in [0.5, 0.6) is 0 Å². The van der Waals surface area contributed by atoms with Crippen molar-refractivity contribution in [1.29, 1.82) is 0 Å². The molecule has 3 nitrogen and oxygen atoms in total. The number of thiophene rings is 1. The summed E-state index contributed by atoms with van der Waals surface area (Å²) in [5.74, 6) is 0.712.